The topological polar surface area (TPSA) is 116 Å². The van der Waals surface area contributed by atoms with Crippen molar-refractivity contribution in [2.45, 2.75) is 38.0 Å². The summed E-state index contributed by atoms with van der Waals surface area (Å²) in [5.74, 6) is -1.20. The number of anilines is 1. The molecule has 0 fully saturated rings. The van der Waals surface area contributed by atoms with Crippen molar-refractivity contribution in [3.8, 4) is 5.75 Å². The van der Waals surface area contributed by atoms with Gasteiger partial charge in [0.15, 0.2) is 12.4 Å². The molecule has 3 aromatic rings. The second-order valence-corrected chi connectivity index (χ2v) is 9.77. The monoisotopic (exact) mass is 509 g/mol. The lowest BCUT2D eigenvalue weighted by Crippen LogP contribution is -2.15. The Bertz CT molecular complexity index is 1310. The van der Waals surface area contributed by atoms with Crippen LogP contribution in [0, 0.1) is 13.8 Å². The second kappa shape index (κ2) is 12.1. The molecule has 8 nitrogen and oxygen atoms in total. The number of ketones is 1. The number of rotatable bonds is 11. The van der Waals surface area contributed by atoms with Crippen molar-refractivity contribution in [1.29, 1.82) is 0 Å². The zero-order chi connectivity index (χ0) is 26.1. The van der Waals surface area contributed by atoms with Gasteiger partial charge in [-0.3, -0.25) is 14.4 Å². The molecule has 1 amide bonds. The minimum atomic E-state index is -4.00. The van der Waals surface area contributed by atoms with E-state index in [1.54, 1.807) is 24.3 Å². The predicted molar refractivity (Wildman–Crippen MR) is 134 cm³/mol. The van der Waals surface area contributed by atoms with E-state index >= 15 is 0 Å². The summed E-state index contributed by atoms with van der Waals surface area (Å²) in [6, 6.07) is 19.1. The van der Waals surface area contributed by atoms with E-state index in [-0.39, 0.29) is 41.4 Å². The summed E-state index contributed by atoms with van der Waals surface area (Å²) >= 11 is 0. The van der Waals surface area contributed by atoms with E-state index < -0.39 is 28.5 Å². The highest BCUT2D eigenvalue weighted by Crippen LogP contribution is 2.20. The highest BCUT2D eigenvalue weighted by atomic mass is 32.2. The first kappa shape index (κ1) is 26.6. The summed E-state index contributed by atoms with van der Waals surface area (Å²) in [5.41, 5.74) is 2.92. The zero-order valence-electron chi connectivity index (χ0n) is 20.0. The Morgan fingerprint density at radius 2 is 1.36 bits per heavy atom. The number of nitrogens with one attached hydrogen (secondary N) is 1. The third kappa shape index (κ3) is 8.06. The molecule has 0 saturated heterocycles. The second-order valence-electron chi connectivity index (χ2n) is 8.23. The Hall–Kier alpha value is -3.98. The van der Waals surface area contributed by atoms with E-state index in [9.17, 15) is 22.8 Å². The number of amides is 1. The smallest absolute Gasteiger partial charge is 0.339 e. The van der Waals surface area contributed by atoms with E-state index in [4.69, 9.17) is 8.92 Å². The number of esters is 1. The van der Waals surface area contributed by atoms with Gasteiger partial charge in [-0.2, -0.15) is 8.42 Å². The minimum Gasteiger partial charge on any atom is -0.457 e. The van der Waals surface area contributed by atoms with E-state index in [0.29, 0.717) is 5.69 Å². The highest BCUT2D eigenvalue weighted by molar-refractivity contribution is 7.87. The standard InChI is InChI=1S/C27H27NO7S/c1-19-6-12-22(13-7-19)28-26(30)4-3-5-27(31)34-18-25(29)21-10-14-23(15-11-21)35-36(32,33)24-16-8-20(2)9-17-24/h6-17H,3-5,18H2,1-2H3,(H,28,30). The molecule has 36 heavy (non-hydrogen) atoms. The van der Waals surface area contributed by atoms with Crippen molar-refractivity contribution in [1.82, 2.24) is 0 Å². The fourth-order valence-electron chi connectivity index (χ4n) is 3.13. The predicted octanol–water partition coefficient (Wildman–Crippen LogP) is 4.61. The van der Waals surface area contributed by atoms with Crippen molar-refractivity contribution < 1.29 is 31.7 Å². The molecule has 0 radical (unpaired) electrons. The molecule has 3 aromatic carbocycles. The molecule has 0 aliphatic carbocycles. The van der Waals surface area contributed by atoms with E-state index in [0.717, 1.165) is 11.1 Å². The van der Waals surface area contributed by atoms with Gasteiger partial charge in [0.05, 0.1) is 0 Å². The number of hydrogen-bond donors (Lipinski definition) is 1. The molecule has 0 aromatic heterocycles. The van der Waals surface area contributed by atoms with Crippen LogP contribution in [0.15, 0.2) is 77.7 Å². The summed E-state index contributed by atoms with van der Waals surface area (Å²) < 4.78 is 34.9. The molecule has 0 bridgehead atoms. The number of hydrogen-bond acceptors (Lipinski definition) is 7. The van der Waals surface area contributed by atoms with Crippen LogP contribution in [0.25, 0.3) is 0 Å². The van der Waals surface area contributed by atoms with Crippen LogP contribution in [0.3, 0.4) is 0 Å². The first-order valence-corrected chi connectivity index (χ1v) is 12.7. The van der Waals surface area contributed by atoms with Crippen LogP contribution in [0.4, 0.5) is 5.69 Å². The molecule has 9 heteroatoms. The van der Waals surface area contributed by atoms with Crippen molar-refractivity contribution in [2.24, 2.45) is 0 Å². The number of benzene rings is 3. The number of Topliss-reactive ketones (excluding diaryl/α,β-unsaturated/α-hetero) is 1. The molecular weight excluding hydrogens is 482 g/mol. The van der Waals surface area contributed by atoms with Crippen LogP contribution in [0.1, 0.15) is 40.7 Å². The Morgan fingerprint density at radius 1 is 0.778 bits per heavy atom. The van der Waals surface area contributed by atoms with Gasteiger partial charge in [-0.25, -0.2) is 0 Å². The number of carbonyl (C=O) groups is 3. The van der Waals surface area contributed by atoms with Gasteiger partial charge in [-0.1, -0.05) is 35.4 Å². The Labute approximate surface area is 210 Å². The molecule has 0 unspecified atom stereocenters. The summed E-state index contributed by atoms with van der Waals surface area (Å²) in [6.07, 6.45) is 0.425. The van der Waals surface area contributed by atoms with Gasteiger partial charge < -0.3 is 14.2 Å². The van der Waals surface area contributed by atoms with E-state index in [1.807, 2.05) is 26.0 Å². The Balaban J connectivity index is 1.40. The molecule has 0 aliphatic rings. The zero-order valence-corrected chi connectivity index (χ0v) is 20.8. The fourth-order valence-corrected chi connectivity index (χ4v) is 4.06. The van der Waals surface area contributed by atoms with Crippen LogP contribution < -0.4 is 9.50 Å². The van der Waals surface area contributed by atoms with Crippen molar-refractivity contribution in [3.63, 3.8) is 0 Å². The van der Waals surface area contributed by atoms with Crippen LogP contribution in [0.2, 0.25) is 0 Å². The number of ether oxygens (including phenoxy) is 1. The largest absolute Gasteiger partial charge is 0.457 e. The van der Waals surface area contributed by atoms with E-state index in [1.165, 1.54) is 36.4 Å². The molecule has 0 spiro atoms. The summed E-state index contributed by atoms with van der Waals surface area (Å²) in [7, 11) is -4.00. The molecule has 188 valence electrons. The molecule has 1 N–H and O–H groups in total. The van der Waals surface area contributed by atoms with Gasteiger partial charge in [-0.15, -0.1) is 0 Å². The molecular formula is C27H27NO7S. The normalized spacial score (nSPS) is 10.9. The van der Waals surface area contributed by atoms with Gasteiger partial charge in [0.1, 0.15) is 10.6 Å². The maximum atomic E-state index is 12.4. The van der Waals surface area contributed by atoms with Crippen LogP contribution in [0.5, 0.6) is 5.75 Å². The summed E-state index contributed by atoms with van der Waals surface area (Å²) in [5, 5.41) is 2.75. The molecule has 0 atom stereocenters. The average molecular weight is 510 g/mol. The number of carbonyl (C=O) groups excluding carboxylic acids is 3. The highest BCUT2D eigenvalue weighted by Gasteiger charge is 2.17. The van der Waals surface area contributed by atoms with Crippen LogP contribution in [-0.2, 0) is 24.4 Å². The van der Waals surface area contributed by atoms with Crippen LogP contribution >= 0.6 is 0 Å². The minimum absolute atomic E-state index is 0.00174. The summed E-state index contributed by atoms with van der Waals surface area (Å²) in [6.45, 7) is 3.33. The molecule has 3 rings (SSSR count). The number of aryl methyl sites for hydroxylation is 2. The maximum absolute atomic E-state index is 12.4. The van der Waals surface area contributed by atoms with E-state index in [2.05, 4.69) is 5.32 Å². The lowest BCUT2D eigenvalue weighted by molar-refractivity contribution is -0.142. The van der Waals surface area contributed by atoms with Crippen LogP contribution in [-0.4, -0.2) is 32.7 Å². The quantitative estimate of drug-likeness (QED) is 0.228. The van der Waals surface area contributed by atoms with Gasteiger partial charge in [0, 0.05) is 24.1 Å². The lowest BCUT2D eigenvalue weighted by Gasteiger charge is -2.08. The molecule has 0 aliphatic heterocycles. The van der Waals surface area contributed by atoms with Crippen molar-refractivity contribution in [2.75, 3.05) is 11.9 Å². The van der Waals surface area contributed by atoms with Gasteiger partial charge in [0.25, 0.3) is 0 Å². The molecule has 0 saturated carbocycles. The lowest BCUT2D eigenvalue weighted by atomic mass is 10.1. The van der Waals surface area contributed by atoms with Crippen molar-refractivity contribution >= 4 is 33.5 Å². The van der Waals surface area contributed by atoms with Crippen molar-refractivity contribution in [3.05, 3.63) is 89.5 Å². The molecule has 0 heterocycles. The Kier molecular flexibility index (Phi) is 8.97. The van der Waals surface area contributed by atoms with Gasteiger partial charge in [-0.05, 0) is 68.8 Å². The Morgan fingerprint density at radius 3 is 1.97 bits per heavy atom. The third-order valence-electron chi connectivity index (χ3n) is 5.18. The SMILES string of the molecule is Cc1ccc(NC(=O)CCCC(=O)OCC(=O)c2ccc(OS(=O)(=O)c3ccc(C)cc3)cc2)cc1. The van der Waals surface area contributed by atoms with Gasteiger partial charge in [0.2, 0.25) is 5.91 Å². The maximum Gasteiger partial charge on any atom is 0.339 e. The van der Waals surface area contributed by atoms with Gasteiger partial charge >= 0.3 is 16.1 Å². The third-order valence-corrected chi connectivity index (χ3v) is 6.44. The summed E-state index contributed by atoms with van der Waals surface area (Å²) in [4.78, 5) is 36.2. The fraction of sp³-hybridized carbons (Fsp3) is 0.222. The average Bonchev–Trinajstić information content (AvgIpc) is 2.84. The first-order valence-electron chi connectivity index (χ1n) is 11.3. The first-order chi connectivity index (χ1) is 17.1.